The standard InChI is InChI=1S/C9H15ClN2O/c1-7(10)6-12-5-3-4-8(11-2)9(12)13/h8,11H,1,3-6H2,2H3. The first-order valence-electron chi connectivity index (χ1n) is 4.44. The van der Waals surface area contributed by atoms with Crippen LogP contribution in [-0.4, -0.2) is 37.0 Å². The first-order valence-corrected chi connectivity index (χ1v) is 4.82. The summed E-state index contributed by atoms with van der Waals surface area (Å²) in [5.74, 6) is 0.135. The zero-order valence-corrected chi connectivity index (χ0v) is 8.60. The van der Waals surface area contributed by atoms with Crippen molar-refractivity contribution in [2.45, 2.75) is 18.9 Å². The zero-order chi connectivity index (χ0) is 9.84. The molecule has 4 heteroatoms. The van der Waals surface area contributed by atoms with Gasteiger partial charge in [0.15, 0.2) is 0 Å². The number of halogens is 1. The second-order valence-corrected chi connectivity index (χ2v) is 3.80. The Hall–Kier alpha value is -0.540. The lowest BCUT2D eigenvalue weighted by Crippen LogP contribution is -2.49. The average molecular weight is 203 g/mol. The molecule has 0 aromatic carbocycles. The van der Waals surface area contributed by atoms with E-state index in [1.165, 1.54) is 0 Å². The number of rotatable bonds is 3. The Morgan fingerprint density at radius 1 is 1.85 bits per heavy atom. The highest BCUT2D eigenvalue weighted by Gasteiger charge is 2.26. The van der Waals surface area contributed by atoms with Crippen molar-refractivity contribution in [2.75, 3.05) is 20.1 Å². The van der Waals surface area contributed by atoms with E-state index in [1.807, 2.05) is 7.05 Å². The summed E-state index contributed by atoms with van der Waals surface area (Å²) in [7, 11) is 1.81. The Morgan fingerprint density at radius 2 is 2.54 bits per heavy atom. The van der Waals surface area contributed by atoms with Crippen molar-refractivity contribution < 1.29 is 4.79 Å². The topological polar surface area (TPSA) is 32.3 Å². The molecule has 1 atom stereocenters. The van der Waals surface area contributed by atoms with Crippen LogP contribution in [-0.2, 0) is 4.79 Å². The van der Waals surface area contributed by atoms with E-state index in [0.717, 1.165) is 19.4 Å². The minimum absolute atomic E-state index is 0.0373. The molecule has 0 aromatic rings. The summed E-state index contributed by atoms with van der Waals surface area (Å²) >= 11 is 5.66. The molecule has 1 aliphatic rings. The number of nitrogens with one attached hydrogen (secondary N) is 1. The normalized spacial score (nSPS) is 23.4. The third-order valence-corrected chi connectivity index (χ3v) is 2.36. The molecule has 0 aromatic heterocycles. The first-order chi connectivity index (χ1) is 6.15. The Balaban J connectivity index is 2.54. The van der Waals surface area contributed by atoms with Gasteiger partial charge in [0.05, 0.1) is 12.6 Å². The molecule has 1 heterocycles. The van der Waals surface area contributed by atoms with E-state index >= 15 is 0 Å². The monoisotopic (exact) mass is 202 g/mol. The SMILES string of the molecule is C=C(Cl)CN1CCCC(NC)C1=O. The van der Waals surface area contributed by atoms with Crippen molar-refractivity contribution in [3.63, 3.8) is 0 Å². The Morgan fingerprint density at radius 3 is 3.08 bits per heavy atom. The predicted molar refractivity (Wildman–Crippen MR) is 53.7 cm³/mol. The maximum atomic E-state index is 11.7. The van der Waals surface area contributed by atoms with Gasteiger partial charge in [0.2, 0.25) is 5.91 Å². The van der Waals surface area contributed by atoms with Crippen molar-refractivity contribution in [2.24, 2.45) is 0 Å². The number of hydrogen-bond acceptors (Lipinski definition) is 2. The van der Waals surface area contributed by atoms with Crippen LogP contribution < -0.4 is 5.32 Å². The number of likely N-dealkylation sites (N-methyl/N-ethyl adjacent to an activating group) is 1. The van der Waals surface area contributed by atoms with E-state index in [-0.39, 0.29) is 11.9 Å². The fourth-order valence-electron chi connectivity index (χ4n) is 1.57. The molecule has 13 heavy (non-hydrogen) atoms. The second-order valence-electron chi connectivity index (χ2n) is 3.26. The number of carbonyl (C=O) groups excluding carboxylic acids is 1. The van der Waals surface area contributed by atoms with Crippen LogP contribution in [0.2, 0.25) is 0 Å². The third kappa shape index (κ3) is 2.71. The largest absolute Gasteiger partial charge is 0.336 e. The molecule has 1 rings (SSSR count). The fraction of sp³-hybridized carbons (Fsp3) is 0.667. The molecule has 1 N–H and O–H groups in total. The summed E-state index contributed by atoms with van der Waals surface area (Å²) in [5, 5.41) is 3.51. The van der Waals surface area contributed by atoms with E-state index in [9.17, 15) is 4.79 Å². The molecule has 0 radical (unpaired) electrons. The molecule has 0 spiro atoms. The molecule has 3 nitrogen and oxygen atoms in total. The van der Waals surface area contributed by atoms with Crippen molar-refractivity contribution >= 4 is 17.5 Å². The lowest BCUT2D eigenvalue weighted by Gasteiger charge is -2.31. The summed E-state index contributed by atoms with van der Waals surface area (Å²) in [5.41, 5.74) is 0. The summed E-state index contributed by atoms with van der Waals surface area (Å²) in [6.45, 7) is 4.85. The molecular weight excluding hydrogens is 188 g/mol. The van der Waals surface area contributed by atoms with Gasteiger partial charge in [-0.1, -0.05) is 18.2 Å². The van der Waals surface area contributed by atoms with E-state index in [2.05, 4.69) is 11.9 Å². The predicted octanol–water partition coefficient (Wildman–Crippen LogP) is 0.949. The van der Waals surface area contributed by atoms with Crippen molar-refractivity contribution in [3.05, 3.63) is 11.6 Å². The van der Waals surface area contributed by atoms with Crippen LogP contribution in [0.4, 0.5) is 0 Å². The van der Waals surface area contributed by atoms with Crippen molar-refractivity contribution in [1.82, 2.24) is 10.2 Å². The van der Waals surface area contributed by atoms with Gasteiger partial charge in [-0.25, -0.2) is 0 Å². The molecule has 0 saturated carbocycles. The molecule has 1 unspecified atom stereocenters. The lowest BCUT2D eigenvalue weighted by molar-refractivity contribution is -0.135. The first kappa shape index (κ1) is 10.5. The Labute approximate surface area is 83.7 Å². The molecular formula is C9H15ClN2O. The smallest absolute Gasteiger partial charge is 0.240 e. The van der Waals surface area contributed by atoms with Crippen molar-refractivity contribution in [3.8, 4) is 0 Å². The van der Waals surface area contributed by atoms with Crippen LogP contribution in [0.5, 0.6) is 0 Å². The third-order valence-electron chi connectivity index (χ3n) is 2.24. The van der Waals surface area contributed by atoms with Gasteiger partial charge in [-0.3, -0.25) is 4.79 Å². The number of carbonyl (C=O) groups is 1. The minimum atomic E-state index is -0.0373. The molecule has 1 amide bonds. The average Bonchev–Trinajstić information content (AvgIpc) is 2.08. The zero-order valence-electron chi connectivity index (χ0n) is 7.85. The molecule has 1 aliphatic heterocycles. The maximum absolute atomic E-state index is 11.7. The van der Waals surface area contributed by atoms with Crippen LogP contribution in [0.1, 0.15) is 12.8 Å². The van der Waals surface area contributed by atoms with Gasteiger partial charge in [0.1, 0.15) is 0 Å². The molecule has 1 saturated heterocycles. The fourth-order valence-corrected chi connectivity index (χ4v) is 1.72. The minimum Gasteiger partial charge on any atom is -0.336 e. The number of nitrogens with zero attached hydrogens (tertiary/aromatic N) is 1. The van der Waals surface area contributed by atoms with Crippen molar-refractivity contribution in [1.29, 1.82) is 0 Å². The van der Waals surface area contributed by atoms with Crippen LogP contribution in [0.3, 0.4) is 0 Å². The Bertz CT molecular complexity index is 218. The van der Waals surface area contributed by atoms with Gasteiger partial charge in [-0.2, -0.15) is 0 Å². The summed E-state index contributed by atoms with van der Waals surface area (Å²) in [6.07, 6.45) is 1.95. The quantitative estimate of drug-likeness (QED) is 0.739. The number of piperidine rings is 1. The molecule has 0 aliphatic carbocycles. The van der Waals surface area contributed by atoms with E-state index in [0.29, 0.717) is 11.6 Å². The summed E-state index contributed by atoms with van der Waals surface area (Å²) < 4.78 is 0. The molecule has 0 bridgehead atoms. The highest BCUT2D eigenvalue weighted by molar-refractivity contribution is 6.29. The highest BCUT2D eigenvalue weighted by Crippen LogP contribution is 2.13. The number of hydrogen-bond donors (Lipinski definition) is 1. The van der Waals surface area contributed by atoms with Gasteiger partial charge in [-0.05, 0) is 19.9 Å². The second kappa shape index (κ2) is 4.63. The van der Waals surface area contributed by atoms with Gasteiger partial charge in [0.25, 0.3) is 0 Å². The summed E-state index contributed by atoms with van der Waals surface area (Å²) in [6, 6.07) is -0.0373. The van der Waals surface area contributed by atoms with E-state index in [1.54, 1.807) is 4.90 Å². The van der Waals surface area contributed by atoms with Gasteiger partial charge in [-0.15, -0.1) is 0 Å². The summed E-state index contributed by atoms with van der Waals surface area (Å²) in [4.78, 5) is 13.4. The lowest BCUT2D eigenvalue weighted by atomic mass is 10.1. The van der Waals surface area contributed by atoms with Crippen LogP contribution >= 0.6 is 11.6 Å². The van der Waals surface area contributed by atoms with Gasteiger partial charge < -0.3 is 10.2 Å². The Kier molecular flexibility index (Phi) is 3.75. The van der Waals surface area contributed by atoms with E-state index in [4.69, 9.17) is 11.6 Å². The van der Waals surface area contributed by atoms with Gasteiger partial charge >= 0.3 is 0 Å². The van der Waals surface area contributed by atoms with Crippen LogP contribution in [0, 0.1) is 0 Å². The number of likely N-dealkylation sites (tertiary alicyclic amines) is 1. The highest BCUT2D eigenvalue weighted by atomic mass is 35.5. The van der Waals surface area contributed by atoms with Gasteiger partial charge in [0, 0.05) is 11.6 Å². The van der Waals surface area contributed by atoms with E-state index < -0.39 is 0 Å². The van der Waals surface area contributed by atoms with Crippen LogP contribution in [0.15, 0.2) is 11.6 Å². The molecule has 74 valence electrons. The maximum Gasteiger partial charge on any atom is 0.240 e. The molecule has 1 fully saturated rings. The van der Waals surface area contributed by atoms with Crippen LogP contribution in [0.25, 0.3) is 0 Å². The number of amides is 1.